The molecule has 0 heterocycles. The Kier molecular flexibility index (Phi) is 6.45. The van der Waals surface area contributed by atoms with Gasteiger partial charge < -0.3 is 20.3 Å². The van der Waals surface area contributed by atoms with Crippen molar-refractivity contribution in [3.63, 3.8) is 0 Å². The van der Waals surface area contributed by atoms with Gasteiger partial charge in [-0.05, 0) is 13.8 Å². The van der Waals surface area contributed by atoms with Crippen molar-refractivity contribution in [2.45, 2.75) is 26.2 Å². The van der Waals surface area contributed by atoms with Crippen LogP contribution in [-0.2, 0) is 9.47 Å². The number of ether oxygens (including phenoxy) is 2. The lowest BCUT2D eigenvalue weighted by Gasteiger charge is -2.21. The molecule has 0 aliphatic rings. The summed E-state index contributed by atoms with van der Waals surface area (Å²) in [5.74, 6) is 0. The van der Waals surface area contributed by atoms with Crippen molar-refractivity contribution in [2.24, 2.45) is 5.73 Å². The van der Waals surface area contributed by atoms with Gasteiger partial charge in [-0.1, -0.05) is 0 Å². The van der Waals surface area contributed by atoms with Crippen LogP contribution in [0.15, 0.2) is 0 Å². The van der Waals surface area contributed by atoms with Crippen LogP contribution >= 0.6 is 0 Å². The molecule has 1 atom stereocenters. The number of hydrogen-bond donors (Lipinski definition) is 2. The molecule has 68 valence electrons. The Morgan fingerprint density at radius 3 is 2.00 bits per heavy atom. The number of nitrogens with two attached hydrogens (primary N) is 1. The molecule has 0 radical (unpaired) electrons. The lowest BCUT2D eigenvalue weighted by Crippen LogP contribution is -2.41. The van der Waals surface area contributed by atoms with Crippen LogP contribution in [0.25, 0.3) is 0 Å². The van der Waals surface area contributed by atoms with Crippen LogP contribution in [0.3, 0.4) is 0 Å². The van der Waals surface area contributed by atoms with Crippen molar-refractivity contribution >= 4 is 0 Å². The quantitative estimate of drug-likeness (QED) is 0.528. The van der Waals surface area contributed by atoms with E-state index in [1.165, 1.54) is 0 Å². The third kappa shape index (κ3) is 4.31. The van der Waals surface area contributed by atoms with E-state index in [9.17, 15) is 0 Å². The molecule has 0 aliphatic carbocycles. The van der Waals surface area contributed by atoms with Crippen LogP contribution in [0.4, 0.5) is 0 Å². The van der Waals surface area contributed by atoms with E-state index in [0.717, 1.165) is 0 Å². The van der Waals surface area contributed by atoms with Crippen molar-refractivity contribution < 1.29 is 14.6 Å². The number of aliphatic hydroxyl groups excluding tert-OH is 1. The van der Waals surface area contributed by atoms with Crippen LogP contribution in [0.2, 0.25) is 0 Å². The van der Waals surface area contributed by atoms with Gasteiger partial charge in [-0.25, -0.2) is 0 Å². The van der Waals surface area contributed by atoms with E-state index >= 15 is 0 Å². The molecule has 0 saturated carbocycles. The molecule has 3 N–H and O–H groups in total. The predicted molar refractivity (Wildman–Crippen MR) is 42.1 cm³/mol. The molecule has 1 unspecified atom stereocenters. The van der Waals surface area contributed by atoms with Gasteiger partial charge in [0.1, 0.15) is 0 Å². The maximum atomic E-state index is 8.67. The lowest BCUT2D eigenvalue weighted by atomic mass is 10.3. The highest BCUT2D eigenvalue weighted by molar-refractivity contribution is 4.63. The minimum Gasteiger partial charge on any atom is -0.395 e. The SMILES string of the molecule is CCOC(OCC)C(N)CO. The monoisotopic (exact) mass is 163 g/mol. The third-order valence-corrected chi connectivity index (χ3v) is 1.22. The minimum absolute atomic E-state index is 0.120. The predicted octanol–water partition coefficient (Wildman–Crippen LogP) is -0.295. The molecule has 0 spiro atoms. The van der Waals surface area contributed by atoms with Gasteiger partial charge in [0.15, 0.2) is 6.29 Å². The molecule has 0 rings (SSSR count). The summed E-state index contributed by atoms with van der Waals surface area (Å²) >= 11 is 0. The largest absolute Gasteiger partial charge is 0.395 e. The Morgan fingerprint density at radius 1 is 1.27 bits per heavy atom. The van der Waals surface area contributed by atoms with Gasteiger partial charge in [-0.2, -0.15) is 0 Å². The molecular formula is C7H17NO3. The van der Waals surface area contributed by atoms with Crippen molar-refractivity contribution in [2.75, 3.05) is 19.8 Å². The molecule has 0 aliphatic heterocycles. The second kappa shape index (κ2) is 6.54. The fourth-order valence-corrected chi connectivity index (χ4v) is 0.710. The average Bonchev–Trinajstić information content (AvgIpc) is 2.03. The first-order valence-electron chi connectivity index (χ1n) is 3.85. The van der Waals surface area contributed by atoms with Gasteiger partial charge in [0.25, 0.3) is 0 Å². The second-order valence-electron chi connectivity index (χ2n) is 2.13. The van der Waals surface area contributed by atoms with Gasteiger partial charge in [0.2, 0.25) is 0 Å². The average molecular weight is 163 g/mol. The van der Waals surface area contributed by atoms with Gasteiger partial charge in [-0.15, -0.1) is 0 Å². The van der Waals surface area contributed by atoms with Crippen molar-refractivity contribution in [3.05, 3.63) is 0 Å². The molecule has 0 aromatic rings. The summed E-state index contributed by atoms with van der Waals surface area (Å²) in [6.45, 7) is 4.67. The number of aliphatic hydroxyl groups is 1. The van der Waals surface area contributed by atoms with E-state index in [4.69, 9.17) is 20.3 Å². The zero-order valence-corrected chi connectivity index (χ0v) is 7.12. The molecule has 0 aromatic carbocycles. The molecule has 11 heavy (non-hydrogen) atoms. The van der Waals surface area contributed by atoms with E-state index in [2.05, 4.69) is 0 Å². The van der Waals surface area contributed by atoms with Crippen LogP contribution in [-0.4, -0.2) is 37.3 Å². The van der Waals surface area contributed by atoms with Crippen LogP contribution in [0.5, 0.6) is 0 Å². The van der Waals surface area contributed by atoms with Gasteiger partial charge in [0, 0.05) is 13.2 Å². The first kappa shape index (κ1) is 10.8. The fraction of sp³-hybridized carbons (Fsp3) is 1.00. The van der Waals surface area contributed by atoms with E-state index in [1.54, 1.807) is 0 Å². The maximum absolute atomic E-state index is 8.67. The Bertz CT molecular complexity index is 83.8. The summed E-state index contributed by atoms with van der Waals surface area (Å²) in [7, 11) is 0. The smallest absolute Gasteiger partial charge is 0.174 e. The Labute approximate surface area is 67.3 Å². The second-order valence-corrected chi connectivity index (χ2v) is 2.13. The van der Waals surface area contributed by atoms with Crippen LogP contribution in [0.1, 0.15) is 13.8 Å². The first-order valence-corrected chi connectivity index (χ1v) is 3.85. The summed E-state index contributed by atoms with van der Waals surface area (Å²) in [6, 6.07) is -0.449. The van der Waals surface area contributed by atoms with E-state index in [-0.39, 0.29) is 6.61 Å². The molecule has 0 bridgehead atoms. The highest BCUT2D eigenvalue weighted by Crippen LogP contribution is 1.98. The Balaban J connectivity index is 3.66. The number of hydrogen-bond acceptors (Lipinski definition) is 4. The first-order chi connectivity index (χ1) is 5.26. The van der Waals surface area contributed by atoms with Crippen molar-refractivity contribution in [1.29, 1.82) is 0 Å². The molecule has 0 saturated heterocycles. The zero-order chi connectivity index (χ0) is 8.69. The summed E-state index contributed by atoms with van der Waals surface area (Å²) in [5, 5.41) is 8.67. The molecular weight excluding hydrogens is 146 g/mol. The summed E-state index contributed by atoms with van der Waals surface area (Å²) in [6.07, 6.45) is -0.477. The van der Waals surface area contributed by atoms with Crippen LogP contribution in [0, 0.1) is 0 Å². The molecule has 4 nitrogen and oxygen atoms in total. The van der Waals surface area contributed by atoms with Crippen molar-refractivity contribution in [1.82, 2.24) is 0 Å². The highest BCUT2D eigenvalue weighted by Gasteiger charge is 2.16. The van der Waals surface area contributed by atoms with Gasteiger partial charge >= 0.3 is 0 Å². The van der Waals surface area contributed by atoms with Gasteiger partial charge in [0.05, 0.1) is 12.6 Å². The summed E-state index contributed by atoms with van der Waals surface area (Å²) in [4.78, 5) is 0. The van der Waals surface area contributed by atoms with Crippen LogP contribution < -0.4 is 5.73 Å². The van der Waals surface area contributed by atoms with Gasteiger partial charge in [-0.3, -0.25) is 0 Å². The fourth-order valence-electron chi connectivity index (χ4n) is 0.710. The maximum Gasteiger partial charge on any atom is 0.174 e. The minimum atomic E-state index is -0.477. The van der Waals surface area contributed by atoms with Crippen molar-refractivity contribution in [3.8, 4) is 0 Å². The van der Waals surface area contributed by atoms with E-state index in [0.29, 0.717) is 13.2 Å². The third-order valence-electron chi connectivity index (χ3n) is 1.22. The molecule has 0 amide bonds. The highest BCUT2D eigenvalue weighted by atomic mass is 16.7. The molecule has 0 aromatic heterocycles. The normalized spacial score (nSPS) is 13.9. The topological polar surface area (TPSA) is 64.7 Å². The Hall–Kier alpha value is -0.160. The molecule has 4 heteroatoms. The lowest BCUT2D eigenvalue weighted by molar-refractivity contribution is -0.153. The summed E-state index contributed by atoms with van der Waals surface area (Å²) < 4.78 is 10.3. The molecule has 0 fully saturated rings. The van der Waals surface area contributed by atoms with E-state index in [1.807, 2.05) is 13.8 Å². The number of rotatable bonds is 6. The standard InChI is InChI=1S/C7H17NO3/c1-3-10-7(11-4-2)6(8)5-9/h6-7,9H,3-5,8H2,1-2H3. The zero-order valence-electron chi connectivity index (χ0n) is 7.12. The summed E-state index contributed by atoms with van der Waals surface area (Å²) in [5.41, 5.74) is 5.49. The van der Waals surface area contributed by atoms with E-state index < -0.39 is 12.3 Å². The Morgan fingerprint density at radius 2 is 1.73 bits per heavy atom.